The van der Waals surface area contributed by atoms with Crippen LogP contribution in [0.1, 0.15) is 40.2 Å². The molecule has 32 heavy (non-hydrogen) atoms. The van der Waals surface area contributed by atoms with E-state index in [0.29, 0.717) is 35.9 Å². The Morgan fingerprint density at radius 1 is 1.12 bits per heavy atom. The smallest absolute Gasteiger partial charge is 0.250 e. The molecule has 4 N–H and O–H groups in total. The van der Waals surface area contributed by atoms with E-state index in [9.17, 15) is 4.79 Å². The van der Waals surface area contributed by atoms with Crippen LogP contribution >= 0.6 is 0 Å². The monoisotopic (exact) mass is 427 g/mol. The van der Waals surface area contributed by atoms with Gasteiger partial charge in [-0.15, -0.1) is 0 Å². The van der Waals surface area contributed by atoms with Crippen molar-refractivity contribution in [3.63, 3.8) is 0 Å². The zero-order chi connectivity index (χ0) is 22.1. The Morgan fingerprint density at radius 2 is 1.97 bits per heavy atom. The highest BCUT2D eigenvalue weighted by molar-refractivity contribution is 6.09. The number of nitrogens with one attached hydrogen (secondary N) is 2. The number of nitrogens with zero attached hydrogens (tertiary/aromatic N) is 2. The molecule has 0 spiro atoms. The van der Waals surface area contributed by atoms with E-state index in [1.54, 1.807) is 6.07 Å². The number of carbonyl (C=O) groups is 1. The first-order valence-corrected chi connectivity index (χ1v) is 10.8. The van der Waals surface area contributed by atoms with Crippen LogP contribution in [0, 0.1) is 6.92 Å². The predicted molar refractivity (Wildman–Crippen MR) is 125 cm³/mol. The van der Waals surface area contributed by atoms with Crippen LogP contribution < -0.4 is 15.8 Å². The summed E-state index contributed by atoms with van der Waals surface area (Å²) in [6.45, 7) is 3.25. The molecule has 0 unspecified atom stereocenters. The number of carbonyl (C=O) groups excluding carboxylic acids is 1. The molecule has 0 bridgehead atoms. The second-order valence-electron chi connectivity index (χ2n) is 8.03. The SMILES string of the molecule is Cc1[nH]c2c(C(N)=O)cccc2c1-c1nc2c(c(NCc3ccccc3)n1)OCCCC2. The van der Waals surface area contributed by atoms with Crippen LogP contribution in [0.3, 0.4) is 0 Å². The number of H-pyrrole nitrogens is 1. The minimum Gasteiger partial charge on any atom is -0.488 e. The zero-order valence-corrected chi connectivity index (χ0v) is 17.9. The lowest BCUT2D eigenvalue weighted by molar-refractivity contribution is 0.100. The molecule has 1 aliphatic rings. The molecule has 3 heterocycles. The summed E-state index contributed by atoms with van der Waals surface area (Å²) in [7, 11) is 0. The highest BCUT2D eigenvalue weighted by atomic mass is 16.5. The van der Waals surface area contributed by atoms with E-state index < -0.39 is 5.91 Å². The molecule has 2 aromatic heterocycles. The Hall–Kier alpha value is -3.87. The number of benzene rings is 2. The van der Waals surface area contributed by atoms with Crippen molar-refractivity contribution in [2.24, 2.45) is 5.73 Å². The number of aromatic nitrogens is 3. The molecule has 4 aromatic rings. The fourth-order valence-corrected chi connectivity index (χ4v) is 4.24. The number of aryl methyl sites for hydroxylation is 2. The molecule has 0 saturated heterocycles. The molecule has 7 nitrogen and oxygen atoms in total. The van der Waals surface area contributed by atoms with Crippen molar-refractivity contribution in [3.8, 4) is 17.1 Å². The van der Waals surface area contributed by atoms with Crippen molar-refractivity contribution in [2.75, 3.05) is 11.9 Å². The van der Waals surface area contributed by atoms with Crippen molar-refractivity contribution in [1.29, 1.82) is 0 Å². The number of ether oxygens (including phenoxy) is 1. The second kappa shape index (κ2) is 8.34. The number of aromatic amines is 1. The standard InChI is InChI=1S/C25H25N5O2/c1-15-20(17-10-7-11-18(23(26)31)21(17)28-15)24-29-19-12-5-6-13-32-22(19)25(30-24)27-14-16-8-3-2-4-9-16/h2-4,7-11,28H,5-6,12-14H2,1H3,(H2,26,31)(H,27,29,30). The second-order valence-corrected chi connectivity index (χ2v) is 8.03. The summed E-state index contributed by atoms with van der Waals surface area (Å²) in [6.07, 6.45) is 2.83. The van der Waals surface area contributed by atoms with Crippen molar-refractivity contribution < 1.29 is 9.53 Å². The maximum Gasteiger partial charge on any atom is 0.250 e. The number of nitrogens with two attached hydrogens (primary N) is 1. The highest BCUT2D eigenvalue weighted by Crippen LogP contribution is 2.37. The van der Waals surface area contributed by atoms with Crippen molar-refractivity contribution in [2.45, 2.75) is 32.7 Å². The average molecular weight is 428 g/mol. The summed E-state index contributed by atoms with van der Waals surface area (Å²) < 4.78 is 6.05. The fourth-order valence-electron chi connectivity index (χ4n) is 4.24. The van der Waals surface area contributed by atoms with E-state index in [2.05, 4.69) is 22.4 Å². The first kappa shape index (κ1) is 20.1. The quantitative estimate of drug-likeness (QED) is 0.439. The number of anilines is 1. The molecular weight excluding hydrogens is 402 g/mol. The summed E-state index contributed by atoms with van der Waals surface area (Å²) in [6, 6.07) is 15.7. The van der Waals surface area contributed by atoms with Crippen LogP contribution in [0.5, 0.6) is 5.75 Å². The molecule has 7 heteroatoms. The van der Waals surface area contributed by atoms with E-state index in [4.69, 9.17) is 20.4 Å². The van der Waals surface area contributed by atoms with Gasteiger partial charge in [-0.3, -0.25) is 4.79 Å². The fraction of sp³-hybridized carbons (Fsp3) is 0.240. The number of hydrogen-bond acceptors (Lipinski definition) is 5. The maximum atomic E-state index is 11.9. The van der Waals surface area contributed by atoms with Gasteiger partial charge in [-0.05, 0) is 37.8 Å². The Kier molecular flexibility index (Phi) is 5.23. The van der Waals surface area contributed by atoms with Gasteiger partial charge < -0.3 is 20.8 Å². The van der Waals surface area contributed by atoms with Crippen LogP contribution in [0.25, 0.3) is 22.3 Å². The Morgan fingerprint density at radius 3 is 2.78 bits per heavy atom. The van der Waals surface area contributed by atoms with E-state index in [-0.39, 0.29) is 0 Å². The van der Waals surface area contributed by atoms with Gasteiger partial charge >= 0.3 is 0 Å². The lowest BCUT2D eigenvalue weighted by Gasteiger charge is -2.15. The van der Waals surface area contributed by atoms with Gasteiger partial charge in [0.15, 0.2) is 17.4 Å². The number of para-hydroxylation sites is 1. The van der Waals surface area contributed by atoms with Crippen LogP contribution in [0.2, 0.25) is 0 Å². The lowest BCUT2D eigenvalue weighted by Crippen LogP contribution is -2.11. The largest absolute Gasteiger partial charge is 0.488 e. The summed E-state index contributed by atoms with van der Waals surface area (Å²) in [4.78, 5) is 25.0. The van der Waals surface area contributed by atoms with Gasteiger partial charge in [-0.2, -0.15) is 0 Å². The predicted octanol–water partition coefficient (Wildman–Crippen LogP) is 4.36. The van der Waals surface area contributed by atoms with Gasteiger partial charge in [0.05, 0.1) is 23.4 Å². The van der Waals surface area contributed by atoms with Gasteiger partial charge in [-0.1, -0.05) is 42.5 Å². The Balaban J connectivity index is 1.63. The third-order valence-corrected chi connectivity index (χ3v) is 5.80. The molecule has 0 fully saturated rings. The summed E-state index contributed by atoms with van der Waals surface area (Å²) >= 11 is 0. The van der Waals surface area contributed by atoms with Crippen LogP contribution in [0.4, 0.5) is 5.82 Å². The topological polar surface area (TPSA) is 106 Å². The van der Waals surface area contributed by atoms with Crippen molar-refractivity contribution in [3.05, 3.63) is 71.0 Å². The number of rotatable bonds is 5. The zero-order valence-electron chi connectivity index (χ0n) is 17.9. The molecule has 1 amide bonds. The molecule has 0 saturated carbocycles. The molecule has 2 aromatic carbocycles. The molecule has 5 rings (SSSR count). The van der Waals surface area contributed by atoms with Gasteiger partial charge in [0, 0.05) is 23.2 Å². The van der Waals surface area contributed by atoms with Gasteiger partial charge in [0.1, 0.15) is 0 Å². The minimum atomic E-state index is -0.468. The highest BCUT2D eigenvalue weighted by Gasteiger charge is 2.23. The number of amides is 1. The average Bonchev–Trinajstić information content (AvgIpc) is 2.96. The summed E-state index contributed by atoms with van der Waals surface area (Å²) in [5, 5.41) is 4.33. The van der Waals surface area contributed by atoms with Gasteiger partial charge in [-0.25, -0.2) is 9.97 Å². The normalized spacial score (nSPS) is 13.3. The molecule has 0 radical (unpaired) electrons. The van der Waals surface area contributed by atoms with Crippen LogP contribution in [0.15, 0.2) is 48.5 Å². The van der Waals surface area contributed by atoms with E-state index >= 15 is 0 Å². The molecule has 1 aliphatic heterocycles. The van der Waals surface area contributed by atoms with Crippen molar-refractivity contribution in [1.82, 2.24) is 15.0 Å². The molecular formula is C25H25N5O2. The van der Waals surface area contributed by atoms with Crippen molar-refractivity contribution >= 4 is 22.6 Å². The number of primary amides is 1. The van der Waals surface area contributed by atoms with Gasteiger partial charge in [0.25, 0.3) is 5.91 Å². The Labute approximate surface area is 186 Å². The summed E-state index contributed by atoms with van der Waals surface area (Å²) in [5.41, 5.74) is 10.6. The van der Waals surface area contributed by atoms with Crippen LogP contribution in [-0.4, -0.2) is 27.5 Å². The maximum absolute atomic E-state index is 11.9. The molecule has 162 valence electrons. The van der Waals surface area contributed by atoms with Crippen LogP contribution in [-0.2, 0) is 13.0 Å². The lowest BCUT2D eigenvalue weighted by atomic mass is 10.1. The first-order chi connectivity index (χ1) is 15.6. The van der Waals surface area contributed by atoms with E-state index in [1.165, 1.54) is 0 Å². The third kappa shape index (κ3) is 3.66. The first-order valence-electron chi connectivity index (χ1n) is 10.8. The minimum absolute atomic E-state index is 0.456. The molecule has 0 aliphatic carbocycles. The van der Waals surface area contributed by atoms with E-state index in [0.717, 1.165) is 52.9 Å². The third-order valence-electron chi connectivity index (χ3n) is 5.80. The summed E-state index contributed by atoms with van der Waals surface area (Å²) in [5.74, 6) is 1.56. The number of hydrogen-bond donors (Lipinski definition) is 3. The molecule has 0 atom stereocenters. The Bertz CT molecular complexity index is 1300. The van der Waals surface area contributed by atoms with Gasteiger partial charge in [0.2, 0.25) is 0 Å². The number of fused-ring (bicyclic) bond motifs is 2. The van der Waals surface area contributed by atoms with E-state index in [1.807, 2.05) is 37.3 Å².